The minimum atomic E-state index is -0.162. The molecule has 2 atom stereocenters. The molecule has 2 aliphatic heterocycles. The topological polar surface area (TPSA) is 72.3 Å². The van der Waals surface area contributed by atoms with Gasteiger partial charge < -0.3 is 14.6 Å². The van der Waals surface area contributed by atoms with Gasteiger partial charge in [-0.05, 0) is 23.5 Å². The highest BCUT2D eigenvalue weighted by Crippen LogP contribution is 2.34. The van der Waals surface area contributed by atoms with E-state index >= 15 is 0 Å². The van der Waals surface area contributed by atoms with E-state index in [0.29, 0.717) is 24.2 Å². The lowest BCUT2D eigenvalue weighted by Crippen LogP contribution is -2.32. The van der Waals surface area contributed by atoms with E-state index in [1.807, 2.05) is 47.0 Å². The van der Waals surface area contributed by atoms with Crippen LogP contribution in [0.4, 0.5) is 0 Å². The molecule has 1 N–H and O–H groups in total. The average molecular weight is 418 g/mol. The maximum Gasteiger partial charge on any atom is 0.289 e. The zero-order valence-electron chi connectivity index (χ0n) is 17.7. The molecule has 2 aliphatic rings. The first-order valence-electron chi connectivity index (χ1n) is 10.8. The Kier molecular flexibility index (Phi) is 5.42. The number of rotatable bonds is 6. The molecule has 0 saturated carbocycles. The van der Waals surface area contributed by atoms with Crippen molar-refractivity contribution in [2.75, 3.05) is 20.2 Å². The van der Waals surface area contributed by atoms with Crippen molar-refractivity contribution in [3.63, 3.8) is 0 Å². The highest BCUT2D eigenvalue weighted by atomic mass is 16.5. The van der Waals surface area contributed by atoms with Crippen LogP contribution in [0.15, 0.2) is 54.6 Å². The van der Waals surface area contributed by atoms with Crippen molar-refractivity contribution in [1.29, 1.82) is 0 Å². The monoisotopic (exact) mass is 417 g/mol. The lowest BCUT2D eigenvalue weighted by Gasteiger charge is -2.25. The van der Waals surface area contributed by atoms with Crippen LogP contribution in [-0.4, -0.2) is 45.8 Å². The summed E-state index contributed by atoms with van der Waals surface area (Å²) >= 11 is 0. The van der Waals surface area contributed by atoms with Crippen LogP contribution in [-0.2, 0) is 26.1 Å². The second kappa shape index (κ2) is 8.51. The number of carbonyl (C=O) groups excluding carboxylic acids is 1. The van der Waals surface area contributed by atoms with Gasteiger partial charge in [0.15, 0.2) is 0 Å². The van der Waals surface area contributed by atoms with Crippen LogP contribution < -0.4 is 10.1 Å². The van der Waals surface area contributed by atoms with Gasteiger partial charge in [-0.3, -0.25) is 9.69 Å². The van der Waals surface area contributed by atoms with Gasteiger partial charge in [0.1, 0.15) is 11.6 Å². The number of aromatic nitrogens is 3. The van der Waals surface area contributed by atoms with Crippen molar-refractivity contribution < 1.29 is 9.53 Å². The number of ether oxygens (including phenoxy) is 1. The second-order valence-corrected chi connectivity index (χ2v) is 8.45. The van der Waals surface area contributed by atoms with Crippen LogP contribution in [0.3, 0.4) is 0 Å². The van der Waals surface area contributed by atoms with Crippen LogP contribution >= 0.6 is 0 Å². The lowest BCUT2D eigenvalue weighted by molar-refractivity contribution is 0.0932. The summed E-state index contributed by atoms with van der Waals surface area (Å²) in [6.45, 7) is 4.20. The fraction of sp³-hybridized carbons (Fsp3) is 0.375. The summed E-state index contributed by atoms with van der Waals surface area (Å²) in [7, 11) is 1.72. The Morgan fingerprint density at radius 2 is 1.81 bits per heavy atom. The van der Waals surface area contributed by atoms with Crippen molar-refractivity contribution in [1.82, 2.24) is 25.0 Å². The first-order chi connectivity index (χ1) is 15.2. The molecule has 0 unspecified atom stereocenters. The van der Waals surface area contributed by atoms with Crippen LogP contribution in [0.2, 0.25) is 0 Å². The molecule has 0 bridgehead atoms. The molecule has 0 spiro atoms. The molecule has 1 fully saturated rings. The first-order valence-corrected chi connectivity index (χ1v) is 10.8. The molecule has 3 aromatic rings. The number of methoxy groups -OCH3 is 1. The number of benzene rings is 2. The minimum absolute atomic E-state index is 0.162. The zero-order valence-corrected chi connectivity index (χ0v) is 17.7. The summed E-state index contributed by atoms with van der Waals surface area (Å²) in [6.07, 6.45) is 0.867. The predicted molar refractivity (Wildman–Crippen MR) is 117 cm³/mol. The molecular formula is C24H27N5O2. The van der Waals surface area contributed by atoms with E-state index in [1.54, 1.807) is 7.11 Å². The largest absolute Gasteiger partial charge is 0.496 e. The summed E-state index contributed by atoms with van der Waals surface area (Å²) in [6, 6.07) is 18.1. The molecule has 31 heavy (non-hydrogen) atoms. The number of fused-ring (bicyclic) bond motifs is 2. The molecule has 1 saturated heterocycles. The molecule has 1 aromatic heterocycles. The number of nitrogens with zero attached hydrogens (tertiary/aromatic N) is 4. The van der Waals surface area contributed by atoms with Crippen LogP contribution in [0, 0.1) is 11.8 Å². The second-order valence-electron chi connectivity index (χ2n) is 8.45. The van der Waals surface area contributed by atoms with E-state index in [4.69, 9.17) is 4.74 Å². The van der Waals surface area contributed by atoms with E-state index in [0.717, 1.165) is 49.7 Å². The molecule has 7 heteroatoms. The fourth-order valence-electron chi connectivity index (χ4n) is 4.85. The normalized spacial score (nSPS) is 20.2. The van der Waals surface area contributed by atoms with Gasteiger partial charge in [-0.2, -0.15) is 0 Å². The van der Waals surface area contributed by atoms with Gasteiger partial charge in [0.2, 0.25) is 5.82 Å². The molecule has 2 aromatic carbocycles. The Hall–Kier alpha value is -3.19. The van der Waals surface area contributed by atoms with Crippen molar-refractivity contribution >= 4 is 5.91 Å². The van der Waals surface area contributed by atoms with Crippen LogP contribution in [0.25, 0.3) is 0 Å². The third-order valence-electron chi connectivity index (χ3n) is 6.43. The van der Waals surface area contributed by atoms with E-state index in [2.05, 4.69) is 32.5 Å². The fourth-order valence-corrected chi connectivity index (χ4v) is 4.85. The molecule has 3 heterocycles. The van der Waals surface area contributed by atoms with Gasteiger partial charge in [-0.15, -0.1) is 10.2 Å². The summed E-state index contributed by atoms with van der Waals surface area (Å²) in [5.41, 5.74) is 2.28. The van der Waals surface area contributed by atoms with Gasteiger partial charge in [0.25, 0.3) is 5.91 Å². The number of hydrogen-bond acceptors (Lipinski definition) is 5. The summed E-state index contributed by atoms with van der Waals surface area (Å²) in [5.74, 6) is 3.17. The smallest absolute Gasteiger partial charge is 0.289 e. The SMILES string of the molecule is COc1ccccc1CN1C[C@@H]2Cc3nnc(C(=O)NCc4ccccc4)n3C[C@@H]2C1. The van der Waals surface area contributed by atoms with E-state index in [9.17, 15) is 4.79 Å². The summed E-state index contributed by atoms with van der Waals surface area (Å²) in [5, 5.41) is 11.5. The predicted octanol–water partition coefficient (Wildman–Crippen LogP) is 2.52. The Balaban J connectivity index is 1.24. The Bertz CT molecular complexity index is 1060. The Labute approximate surface area is 182 Å². The first kappa shape index (κ1) is 19.8. The number of nitrogens with one attached hydrogen (secondary N) is 1. The Morgan fingerprint density at radius 3 is 2.65 bits per heavy atom. The molecule has 1 amide bonds. The minimum Gasteiger partial charge on any atom is -0.496 e. The maximum absolute atomic E-state index is 12.8. The van der Waals surface area contributed by atoms with Crippen molar-refractivity contribution in [3.05, 3.63) is 77.4 Å². The molecular weight excluding hydrogens is 390 g/mol. The van der Waals surface area contributed by atoms with E-state index in [-0.39, 0.29) is 5.91 Å². The van der Waals surface area contributed by atoms with Crippen LogP contribution in [0.5, 0.6) is 5.75 Å². The summed E-state index contributed by atoms with van der Waals surface area (Å²) in [4.78, 5) is 15.2. The molecule has 7 nitrogen and oxygen atoms in total. The van der Waals surface area contributed by atoms with Gasteiger partial charge in [0.05, 0.1) is 7.11 Å². The number of likely N-dealkylation sites (tertiary alicyclic amines) is 1. The standard InChI is InChI=1S/C24H27N5O2/c1-31-21-10-6-5-9-18(21)13-28-14-19-11-22-26-27-23(29(22)16-20(19)15-28)24(30)25-12-17-7-3-2-4-8-17/h2-10,19-20H,11-16H2,1H3,(H,25,30)/t19-,20-/m0/s1. The van der Waals surface area contributed by atoms with E-state index in [1.165, 1.54) is 5.56 Å². The van der Waals surface area contributed by atoms with Crippen molar-refractivity contribution in [3.8, 4) is 5.75 Å². The summed E-state index contributed by atoms with van der Waals surface area (Å²) < 4.78 is 7.54. The molecule has 0 aliphatic carbocycles. The molecule has 160 valence electrons. The molecule has 0 radical (unpaired) electrons. The number of para-hydroxylation sites is 1. The van der Waals surface area contributed by atoms with Crippen molar-refractivity contribution in [2.45, 2.75) is 26.1 Å². The van der Waals surface area contributed by atoms with Crippen molar-refractivity contribution in [2.24, 2.45) is 11.8 Å². The third kappa shape index (κ3) is 4.05. The Morgan fingerprint density at radius 1 is 1.03 bits per heavy atom. The quantitative estimate of drug-likeness (QED) is 0.667. The molecule has 5 rings (SSSR count). The number of amides is 1. The van der Waals surface area contributed by atoms with Gasteiger partial charge in [-0.25, -0.2) is 0 Å². The average Bonchev–Trinajstić information content (AvgIpc) is 3.39. The zero-order chi connectivity index (χ0) is 21.2. The van der Waals surface area contributed by atoms with Crippen LogP contribution in [0.1, 0.15) is 27.6 Å². The third-order valence-corrected chi connectivity index (χ3v) is 6.43. The van der Waals surface area contributed by atoms with Gasteiger partial charge >= 0.3 is 0 Å². The van der Waals surface area contributed by atoms with Gasteiger partial charge in [-0.1, -0.05) is 48.5 Å². The van der Waals surface area contributed by atoms with E-state index < -0.39 is 0 Å². The number of hydrogen-bond donors (Lipinski definition) is 1. The highest BCUT2D eigenvalue weighted by Gasteiger charge is 2.39. The lowest BCUT2D eigenvalue weighted by atomic mass is 9.89. The number of carbonyl (C=O) groups is 1. The maximum atomic E-state index is 12.8. The highest BCUT2D eigenvalue weighted by molar-refractivity contribution is 5.90. The van der Waals surface area contributed by atoms with Gasteiger partial charge in [0, 0.05) is 44.7 Å².